The van der Waals surface area contributed by atoms with E-state index in [1.54, 1.807) is 12.1 Å². The summed E-state index contributed by atoms with van der Waals surface area (Å²) in [7, 11) is 0. The number of nitrogens with zero attached hydrogens (tertiary/aromatic N) is 2. The number of nitro benzene ring substituents is 1. The van der Waals surface area contributed by atoms with Gasteiger partial charge in [0.05, 0.1) is 15.8 Å². The molecule has 0 aliphatic heterocycles. The Labute approximate surface area is 129 Å². The van der Waals surface area contributed by atoms with E-state index in [1.807, 2.05) is 41.8 Å². The fourth-order valence-corrected chi connectivity index (χ4v) is 2.69. The van der Waals surface area contributed by atoms with Crippen molar-refractivity contribution in [1.29, 1.82) is 0 Å². The van der Waals surface area contributed by atoms with Crippen molar-refractivity contribution in [3.05, 3.63) is 78.9 Å². The first-order valence-corrected chi connectivity index (χ1v) is 7.36. The summed E-state index contributed by atoms with van der Waals surface area (Å²) in [6, 6.07) is 15.2. The molecule has 0 spiro atoms. The average Bonchev–Trinajstić information content (AvgIpc) is 2.90. The summed E-state index contributed by atoms with van der Waals surface area (Å²) >= 11 is 7.17. The average molecular weight is 317 g/mol. The van der Waals surface area contributed by atoms with Crippen LogP contribution in [0.5, 0.6) is 0 Å². The van der Waals surface area contributed by atoms with Gasteiger partial charge in [0.15, 0.2) is 4.47 Å². The number of aromatic nitrogens is 1. The summed E-state index contributed by atoms with van der Waals surface area (Å²) in [6.07, 6.45) is 0. The maximum Gasteiger partial charge on any atom is 0.277 e. The number of non-ortho nitro benzene ring substituents is 1. The number of benzene rings is 2. The second kappa shape index (κ2) is 5.63. The Kier molecular flexibility index (Phi) is 3.68. The fraction of sp³-hybridized carbons (Fsp3) is 0. The topological polar surface area (TPSA) is 56.0 Å². The Hall–Kier alpha value is -2.24. The first-order chi connectivity index (χ1) is 10.1. The third-order valence-electron chi connectivity index (χ3n) is 3.05. The van der Waals surface area contributed by atoms with Crippen molar-refractivity contribution in [2.75, 3.05) is 0 Å². The first-order valence-electron chi connectivity index (χ1n) is 6.10. The summed E-state index contributed by atoms with van der Waals surface area (Å²) in [6.45, 7) is 0. The zero-order chi connectivity index (χ0) is 14.8. The molecule has 0 saturated carbocycles. The summed E-state index contributed by atoms with van der Waals surface area (Å²) < 4.78 is 0.592. The zero-order valence-corrected chi connectivity index (χ0v) is 12.3. The Morgan fingerprint density at radius 2 is 1.90 bits per heavy atom. The van der Waals surface area contributed by atoms with E-state index >= 15 is 0 Å². The van der Waals surface area contributed by atoms with Crippen LogP contribution in [0.25, 0.3) is 11.3 Å². The fourth-order valence-electron chi connectivity index (χ4n) is 1.91. The molecule has 104 valence electrons. The van der Waals surface area contributed by atoms with Crippen LogP contribution in [0.4, 0.5) is 5.69 Å². The third kappa shape index (κ3) is 2.79. The van der Waals surface area contributed by atoms with Gasteiger partial charge in [-0.2, -0.15) is 0 Å². The summed E-state index contributed by atoms with van der Waals surface area (Å²) in [4.78, 5) is 13.8. The molecule has 0 bridgehead atoms. The van der Waals surface area contributed by atoms with Gasteiger partial charge in [0.2, 0.25) is 0 Å². The van der Waals surface area contributed by atoms with Crippen LogP contribution in [0.1, 0.15) is 0 Å². The number of nitro groups is 1. The number of hydrogen-bond donors (Lipinski definition) is 0. The molecule has 0 amide bonds. The van der Waals surface area contributed by atoms with E-state index in [0.717, 1.165) is 21.7 Å². The Balaban J connectivity index is 0.000000131. The maximum absolute atomic E-state index is 10.0. The quantitative estimate of drug-likeness (QED) is 0.399. The molecule has 0 radical (unpaired) electrons. The number of rotatable bonds is 2. The number of thiazole rings is 1. The minimum Gasteiger partial charge on any atom is -0.258 e. The van der Waals surface area contributed by atoms with Gasteiger partial charge in [-0.1, -0.05) is 48.0 Å². The minimum atomic E-state index is -0.359. The SMILES string of the molecule is Clc1nc(-c2ccccc2)cs1.O=[N+]([O-])c1cc2ccc1=2. The molecule has 1 aromatic heterocycles. The van der Waals surface area contributed by atoms with Crippen molar-refractivity contribution in [2.24, 2.45) is 0 Å². The van der Waals surface area contributed by atoms with Crippen LogP contribution in [0, 0.1) is 20.6 Å². The van der Waals surface area contributed by atoms with Crippen LogP contribution in [0.15, 0.2) is 53.9 Å². The lowest BCUT2D eigenvalue weighted by molar-refractivity contribution is -0.386. The molecular weight excluding hydrogens is 308 g/mol. The lowest BCUT2D eigenvalue weighted by Gasteiger charge is -2.01. The van der Waals surface area contributed by atoms with Crippen LogP contribution < -0.4 is 0 Å². The molecule has 0 saturated heterocycles. The molecule has 6 heteroatoms. The van der Waals surface area contributed by atoms with Crippen molar-refractivity contribution in [2.45, 2.75) is 0 Å². The van der Waals surface area contributed by atoms with E-state index in [2.05, 4.69) is 4.98 Å². The van der Waals surface area contributed by atoms with Crippen LogP contribution in [-0.4, -0.2) is 9.91 Å². The second-order valence-electron chi connectivity index (χ2n) is 4.34. The van der Waals surface area contributed by atoms with Crippen LogP contribution in [0.2, 0.25) is 4.47 Å². The Bertz CT molecular complexity index is 894. The molecule has 2 aliphatic rings. The van der Waals surface area contributed by atoms with E-state index in [-0.39, 0.29) is 10.6 Å². The molecule has 0 unspecified atom stereocenters. The van der Waals surface area contributed by atoms with Gasteiger partial charge in [0.25, 0.3) is 5.69 Å². The van der Waals surface area contributed by atoms with Gasteiger partial charge in [-0.05, 0) is 11.3 Å². The Morgan fingerprint density at radius 3 is 2.29 bits per heavy atom. The molecule has 1 heterocycles. The highest BCUT2D eigenvalue weighted by molar-refractivity contribution is 7.14. The molecule has 4 rings (SSSR count). The predicted molar refractivity (Wildman–Crippen MR) is 83.3 cm³/mol. The van der Waals surface area contributed by atoms with E-state index in [0.29, 0.717) is 4.47 Å². The third-order valence-corrected chi connectivity index (χ3v) is 4.03. The van der Waals surface area contributed by atoms with E-state index in [1.165, 1.54) is 11.3 Å². The van der Waals surface area contributed by atoms with Crippen LogP contribution >= 0.6 is 22.9 Å². The molecule has 2 aliphatic carbocycles. The molecular formula is C15H9ClN2O2S. The predicted octanol–water partition coefficient (Wildman–Crippen LogP) is 4.66. The molecule has 0 atom stereocenters. The molecule has 0 N–H and O–H groups in total. The monoisotopic (exact) mass is 316 g/mol. The highest BCUT2D eigenvalue weighted by Crippen LogP contribution is 2.24. The van der Waals surface area contributed by atoms with Crippen LogP contribution in [-0.2, 0) is 0 Å². The molecule has 4 nitrogen and oxygen atoms in total. The highest BCUT2D eigenvalue weighted by Gasteiger charge is 2.15. The van der Waals surface area contributed by atoms with Crippen molar-refractivity contribution in [3.63, 3.8) is 0 Å². The van der Waals surface area contributed by atoms with Gasteiger partial charge in [0, 0.05) is 17.0 Å². The zero-order valence-electron chi connectivity index (χ0n) is 10.7. The van der Waals surface area contributed by atoms with E-state index in [9.17, 15) is 10.1 Å². The largest absolute Gasteiger partial charge is 0.277 e. The number of halogens is 1. The standard InChI is InChI=1S/C9H6ClNS.C6H3NO2/c10-9-11-8(6-12-9)7-4-2-1-3-5-7;8-7(9)6-3-4-1-2-5(4)6/h1-6H;1-3H. The van der Waals surface area contributed by atoms with Gasteiger partial charge in [-0.15, -0.1) is 11.3 Å². The van der Waals surface area contributed by atoms with Crippen LogP contribution in [0.3, 0.4) is 0 Å². The molecule has 1 aromatic carbocycles. The smallest absolute Gasteiger partial charge is 0.258 e. The molecule has 2 aromatic rings. The van der Waals surface area contributed by atoms with Gasteiger partial charge >= 0.3 is 0 Å². The highest BCUT2D eigenvalue weighted by atomic mass is 35.5. The Morgan fingerprint density at radius 1 is 1.14 bits per heavy atom. The van der Waals surface area contributed by atoms with Crippen molar-refractivity contribution in [1.82, 2.24) is 4.98 Å². The van der Waals surface area contributed by atoms with Crippen molar-refractivity contribution < 1.29 is 4.92 Å². The lowest BCUT2D eigenvalue weighted by Crippen LogP contribution is -1.96. The van der Waals surface area contributed by atoms with Gasteiger partial charge in [-0.25, -0.2) is 4.98 Å². The summed E-state index contributed by atoms with van der Waals surface area (Å²) in [5.41, 5.74) is 2.32. The summed E-state index contributed by atoms with van der Waals surface area (Å²) in [5.74, 6) is 0. The molecule has 21 heavy (non-hydrogen) atoms. The second-order valence-corrected chi connectivity index (χ2v) is 5.78. The van der Waals surface area contributed by atoms with E-state index < -0.39 is 0 Å². The number of hydrogen-bond acceptors (Lipinski definition) is 4. The van der Waals surface area contributed by atoms with E-state index in [4.69, 9.17) is 11.6 Å². The normalized spacial score (nSPS) is 10.5. The van der Waals surface area contributed by atoms with Gasteiger partial charge in [-0.3, -0.25) is 10.1 Å². The first kappa shape index (κ1) is 13.7. The molecule has 0 fully saturated rings. The minimum absolute atomic E-state index is 0.257. The van der Waals surface area contributed by atoms with Crippen molar-refractivity contribution >= 4 is 28.6 Å². The summed E-state index contributed by atoms with van der Waals surface area (Å²) in [5, 5.41) is 13.8. The van der Waals surface area contributed by atoms with Gasteiger partial charge < -0.3 is 0 Å². The maximum atomic E-state index is 10.0. The van der Waals surface area contributed by atoms with Gasteiger partial charge in [0.1, 0.15) is 0 Å². The van der Waals surface area contributed by atoms with Crippen molar-refractivity contribution in [3.8, 4) is 11.3 Å². The lowest BCUT2D eigenvalue weighted by atomic mass is 10.1.